The van der Waals surface area contributed by atoms with E-state index in [9.17, 15) is 4.79 Å². The Hall–Kier alpha value is -1.20. The molecule has 0 aromatic carbocycles. The summed E-state index contributed by atoms with van der Waals surface area (Å²) in [6.07, 6.45) is 2.25. The highest BCUT2D eigenvalue weighted by Gasteiger charge is 2.24. The second-order valence-corrected chi connectivity index (χ2v) is 6.22. The van der Waals surface area contributed by atoms with Crippen LogP contribution in [-0.4, -0.2) is 28.9 Å². The third-order valence-corrected chi connectivity index (χ3v) is 5.03. The van der Waals surface area contributed by atoms with Gasteiger partial charge in [0.25, 0.3) is 5.91 Å². The smallest absolute Gasteiger partial charge is 0.265 e. The van der Waals surface area contributed by atoms with E-state index in [1.807, 2.05) is 23.3 Å². The molecule has 0 N–H and O–H groups in total. The van der Waals surface area contributed by atoms with E-state index in [-0.39, 0.29) is 5.91 Å². The van der Waals surface area contributed by atoms with Crippen molar-refractivity contribution in [1.29, 1.82) is 0 Å². The Kier molecular flexibility index (Phi) is 3.18. The molecule has 1 aliphatic heterocycles. The molecule has 0 spiro atoms. The number of thiophene rings is 1. The van der Waals surface area contributed by atoms with Crippen LogP contribution in [-0.2, 0) is 0 Å². The number of rotatable bonds is 2. The van der Waals surface area contributed by atoms with Crippen molar-refractivity contribution >= 4 is 28.6 Å². The fourth-order valence-corrected chi connectivity index (χ4v) is 3.91. The van der Waals surface area contributed by atoms with Gasteiger partial charge in [0.1, 0.15) is 9.88 Å². The lowest BCUT2D eigenvalue weighted by atomic mass is 10.3. The number of aryl methyl sites for hydroxylation is 1. The first-order valence-electron chi connectivity index (χ1n) is 6.05. The highest BCUT2D eigenvalue weighted by Crippen LogP contribution is 2.30. The van der Waals surface area contributed by atoms with Crippen LogP contribution in [0.5, 0.6) is 0 Å². The normalized spacial score (nSPS) is 15.3. The molecule has 94 valence electrons. The number of likely N-dealkylation sites (tertiary alicyclic amines) is 1. The minimum absolute atomic E-state index is 0.156. The molecule has 2 aromatic heterocycles. The molecular formula is C13H14N2OS2. The second-order valence-electron chi connectivity index (χ2n) is 4.44. The molecule has 3 nitrogen and oxygen atoms in total. The molecule has 0 saturated carbocycles. The fraction of sp³-hybridized carbons (Fsp3) is 0.385. The summed E-state index contributed by atoms with van der Waals surface area (Å²) in [7, 11) is 0. The van der Waals surface area contributed by atoms with E-state index in [2.05, 4.69) is 10.4 Å². The molecule has 0 unspecified atom stereocenters. The van der Waals surface area contributed by atoms with Crippen molar-refractivity contribution in [2.45, 2.75) is 19.8 Å². The molecular weight excluding hydrogens is 264 g/mol. The molecule has 18 heavy (non-hydrogen) atoms. The van der Waals surface area contributed by atoms with Gasteiger partial charge in [0, 0.05) is 24.0 Å². The topological polar surface area (TPSA) is 33.2 Å². The Balaban J connectivity index is 1.90. The number of hydrogen-bond donors (Lipinski definition) is 0. The van der Waals surface area contributed by atoms with Crippen LogP contribution < -0.4 is 0 Å². The van der Waals surface area contributed by atoms with Crippen molar-refractivity contribution in [3.63, 3.8) is 0 Å². The predicted molar refractivity (Wildman–Crippen MR) is 75.3 cm³/mol. The lowest BCUT2D eigenvalue weighted by Crippen LogP contribution is -2.27. The summed E-state index contributed by atoms with van der Waals surface area (Å²) in [5, 5.41) is 5.06. The number of nitrogens with zero attached hydrogens (tertiary/aromatic N) is 2. The van der Waals surface area contributed by atoms with E-state index < -0.39 is 0 Å². The maximum Gasteiger partial charge on any atom is 0.265 e. The third kappa shape index (κ3) is 2.08. The molecule has 2 aromatic rings. The predicted octanol–water partition coefficient (Wildman–Crippen LogP) is 3.42. The van der Waals surface area contributed by atoms with Gasteiger partial charge in [0.15, 0.2) is 0 Å². The Bertz CT molecular complexity index is 554. The molecule has 0 bridgehead atoms. The summed E-state index contributed by atoms with van der Waals surface area (Å²) in [6.45, 7) is 3.71. The molecule has 1 aliphatic rings. The number of thiazole rings is 1. The lowest BCUT2D eigenvalue weighted by molar-refractivity contribution is 0.0796. The molecule has 1 amide bonds. The van der Waals surface area contributed by atoms with E-state index in [4.69, 9.17) is 0 Å². The molecule has 5 heteroatoms. The zero-order chi connectivity index (χ0) is 12.5. The SMILES string of the molecule is Cc1nc(-c2ccsc2)sc1C(=O)N1CCCC1. The fourth-order valence-electron chi connectivity index (χ4n) is 2.17. The van der Waals surface area contributed by atoms with E-state index in [1.54, 1.807) is 11.3 Å². The van der Waals surface area contributed by atoms with Gasteiger partial charge in [-0.05, 0) is 31.2 Å². The summed E-state index contributed by atoms with van der Waals surface area (Å²) in [4.78, 5) is 19.6. The first-order valence-corrected chi connectivity index (χ1v) is 7.81. The van der Waals surface area contributed by atoms with Crippen LogP contribution in [0.1, 0.15) is 28.2 Å². The largest absolute Gasteiger partial charge is 0.338 e. The Morgan fingerprint density at radius 3 is 2.83 bits per heavy atom. The molecule has 3 rings (SSSR count). The van der Waals surface area contributed by atoms with Crippen LogP contribution in [0.3, 0.4) is 0 Å². The Morgan fingerprint density at radius 1 is 1.39 bits per heavy atom. The van der Waals surface area contributed by atoms with Gasteiger partial charge in [-0.1, -0.05) is 0 Å². The molecule has 0 atom stereocenters. The number of amides is 1. The number of hydrogen-bond acceptors (Lipinski definition) is 4. The van der Waals surface area contributed by atoms with Gasteiger partial charge >= 0.3 is 0 Å². The van der Waals surface area contributed by atoms with Crippen LogP contribution >= 0.6 is 22.7 Å². The third-order valence-electron chi connectivity index (χ3n) is 3.15. The maximum absolute atomic E-state index is 12.3. The number of carbonyl (C=O) groups excluding carboxylic acids is 1. The van der Waals surface area contributed by atoms with Crippen molar-refractivity contribution in [3.8, 4) is 10.6 Å². The van der Waals surface area contributed by atoms with Crippen molar-refractivity contribution < 1.29 is 4.79 Å². The minimum Gasteiger partial charge on any atom is -0.338 e. The van der Waals surface area contributed by atoms with E-state index in [0.717, 1.165) is 47.1 Å². The minimum atomic E-state index is 0.156. The van der Waals surface area contributed by atoms with Crippen molar-refractivity contribution in [3.05, 3.63) is 27.4 Å². The quantitative estimate of drug-likeness (QED) is 0.843. The van der Waals surface area contributed by atoms with E-state index >= 15 is 0 Å². The monoisotopic (exact) mass is 278 g/mol. The average Bonchev–Trinajstić information content (AvgIpc) is 3.10. The van der Waals surface area contributed by atoms with Crippen LogP contribution in [0.15, 0.2) is 16.8 Å². The van der Waals surface area contributed by atoms with Gasteiger partial charge < -0.3 is 4.90 Å². The second kappa shape index (κ2) is 4.82. The highest BCUT2D eigenvalue weighted by molar-refractivity contribution is 7.17. The van der Waals surface area contributed by atoms with E-state index in [0.29, 0.717) is 0 Å². The van der Waals surface area contributed by atoms with Crippen LogP contribution in [0.25, 0.3) is 10.6 Å². The summed E-state index contributed by atoms with van der Waals surface area (Å²) in [5.41, 5.74) is 1.98. The molecule has 1 saturated heterocycles. The summed E-state index contributed by atoms with van der Waals surface area (Å²) in [6, 6.07) is 2.05. The van der Waals surface area contributed by atoms with Crippen molar-refractivity contribution in [2.24, 2.45) is 0 Å². The zero-order valence-electron chi connectivity index (χ0n) is 10.2. The molecule has 0 aliphatic carbocycles. The number of aromatic nitrogens is 1. The van der Waals surface area contributed by atoms with Crippen molar-refractivity contribution in [2.75, 3.05) is 13.1 Å². The van der Waals surface area contributed by atoms with Gasteiger partial charge in [-0.15, -0.1) is 11.3 Å². The summed E-state index contributed by atoms with van der Waals surface area (Å²) < 4.78 is 0. The standard InChI is InChI=1S/C13H14N2OS2/c1-9-11(13(16)15-5-2-3-6-15)18-12(14-9)10-4-7-17-8-10/h4,7-8H,2-3,5-6H2,1H3. The summed E-state index contributed by atoms with van der Waals surface area (Å²) in [5.74, 6) is 0.156. The van der Waals surface area contributed by atoms with Gasteiger partial charge in [-0.25, -0.2) is 4.98 Å². The van der Waals surface area contributed by atoms with Gasteiger partial charge in [0.2, 0.25) is 0 Å². The van der Waals surface area contributed by atoms with Crippen LogP contribution in [0.2, 0.25) is 0 Å². The first-order chi connectivity index (χ1) is 8.75. The van der Waals surface area contributed by atoms with Crippen LogP contribution in [0.4, 0.5) is 0 Å². The van der Waals surface area contributed by atoms with Gasteiger partial charge in [-0.2, -0.15) is 11.3 Å². The molecule has 3 heterocycles. The van der Waals surface area contributed by atoms with Gasteiger partial charge in [-0.3, -0.25) is 4.79 Å². The van der Waals surface area contributed by atoms with Crippen LogP contribution in [0, 0.1) is 6.92 Å². The summed E-state index contributed by atoms with van der Waals surface area (Å²) >= 11 is 3.17. The maximum atomic E-state index is 12.3. The zero-order valence-corrected chi connectivity index (χ0v) is 11.8. The Labute approximate surface area is 114 Å². The Morgan fingerprint density at radius 2 is 2.17 bits per heavy atom. The van der Waals surface area contributed by atoms with Crippen molar-refractivity contribution in [1.82, 2.24) is 9.88 Å². The first kappa shape index (κ1) is 11.9. The van der Waals surface area contributed by atoms with E-state index in [1.165, 1.54) is 11.3 Å². The molecule has 0 radical (unpaired) electrons. The van der Waals surface area contributed by atoms with Gasteiger partial charge in [0.05, 0.1) is 5.69 Å². The highest BCUT2D eigenvalue weighted by atomic mass is 32.1. The number of carbonyl (C=O) groups is 1. The lowest BCUT2D eigenvalue weighted by Gasteiger charge is -2.13. The molecule has 1 fully saturated rings. The average molecular weight is 278 g/mol.